The van der Waals surface area contributed by atoms with E-state index < -0.39 is 36.9 Å². The molecule has 1 amide bonds. The second-order valence-corrected chi connectivity index (χ2v) is 21.8. The Labute approximate surface area is 425 Å². The first kappa shape index (κ1) is 67.0. The third kappa shape index (κ3) is 50.0. The average molecular weight is 963 g/mol. The molecule has 0 aliphatic heterocycles. The highest BCUT2D eigenvalue weighted by atomic mass is 16.3. The van der Waals surface area contributed by atoms with Gasteiger partial charge in [-0.3, -0.25) is 4.79 Å². The molecule has 0 radical (unpaired) electrons. The number of carbonyl (C=O) groups excluding carboxylic acids is 1. The van der Waals surface area contributed by atoms with E-state index in [0.717, 1.165) is 38.5 Å². The maximum atomic E-state index is 12.6. The number of nitrogens with one attached hydrogen (secondary N) is 1. The lowest BCUT2D eigenvalue weighted by Gasteiger charge is -2.27. The van der Waals surface area contributed by atoms with Gasteiger partial charge in [0.1, 0.15) is 12.2 Å². The van der Waals surface area contributed by atoms with Crippen LogP contribution >= 0.6 is 0 Å². The summed E-state index contributed by atoms with van der Waals surface area (Å²) in [5.74, 6) is -0.587. The minimum atomic E-state index is -1.28. The zero-order valence-electron chi connectivity index (χ0n) is 46.1. The molecule has 0 heterocycles. The van der Waals surface area contributed by atoms with Crippen LogP contribution in [0.4, 0.5) is 0 Å². The van der Waals surface area contributed by atoms with Crippen LogP contribution in [-0.4, -0.2) is 57.3 Å². The molecule has 0 saturated heterocycles. The van der Waals surface area contributed by atoms with Gasteiger partial charge in [-0.15, -0.1) is 0 Å². The first-order valence-electron chi connectivity index (χ1n) is 31.1. The first-order chi connectivity index (χ1) is 33.5. The molecule has 68 heavy (non-hydrogen) atoms. The van der Waals surface area contributed by atoms with Gasteiger partial charge in [-0.25, -0.2) is 0 Å². The zero-order valence-corrected chi connectivity index (χ0v) is 46.1. The lowest BCUT2D eigenvalue weighted by atomic mass is 10.00. The van der Waals surface area contributed by atoms with Crippen LogP contribution in [0.1, 0.15) is 348 Å². The van der Waals surface area contributed by atoms with Crippen LogP contribution in [0.25, 0.3) is 0 Å². The van der Waals surface area contributed by atoms with Crippen molar-refractivity contribution in [2.75, 3.05) is 6.61 Å². The molecule has 0 aromatic carbocycles. The summed E-state index contributed by atoms with van der Waals surface area (Å²) in [5, 5.41) is 43.9. The summed E-state index contributed by atoms with van der Waals surface area (Å²) in [4.78, 5) is 12.6. The Balaban J connectivity index is 3.47. The molecule has 0 bridgehead atoms. The van der Waals surface area contributed by atoms with Crippen molar-refractivity contribution in [3.63, 3.8) is 0 Å². The normalized spacial score (nSPS) is 13.7. The Morgan fingerprint density at radius 1 is 0.353 bits per heavy atom. The van der Waals surface area contributed by atoms with Crippen LogP contribution in [0.2, 0.25) is 0 Å². The highest BCUT2D eigenvalue weighted by molar-refractivity contribution is 5.80. The lowest BCUT2D eigenvalue weighted by Crippen LogP contribution is -2.53. The monoisotopic (exact) mass is 962 g/mol. The highest BCUT2D eigenvalue weighted by Crippen LogP contribution is 2.19. The molecule has 0 aromatic rings. The molecule has 4 unspecified atom stereocenters. The van der Waals surface area contributed by atoms with Crippen LogP contribution < -0.4 is 5.32 Å². The van der Waals surface area contributed by atoms with Gasteiger partial charge in [0.05, 0.1) is 18.8 Å². The van der Waals surface area contributed by atoms with Crippen molar-refractivity contribution in [3.8, 4) is 0 Å². The van der Waals surface area contributed by atoms with E-state index in [0.29, 0.717) is 12.8 Å². The van der Waals surface area contributed by atoms with Gasteiger partial charge >= 0.3 is 0 Å². The summed E-state index contributed by atoms with van der Waals surface area (Å²) in [5.41, 5.74) is 0. The minimum absolute atomic E-state index is 0.369. The number of unbranched alkanes of at least 4 members (excludes halogenated alkanes) is 47. The third-order valence-electron chi connectivity index (χ3n) is 15.0. The number of aliphatic hydroxyl groups excluding tert-OH is 4. The third-order valence-corrected chi connectivity index (χ3v) is 15.0. The van der Waals surface area contributed by atoms with Gasteiger partial charge < -0.3 is 25.7 Å². The fourth-order valence-electron chi connectivity index (χ4n) is 10.1. The van der Waals surface area contributed by atoms with Crippen molar-refractivity contribution in [2.45, 2.75) is 372 Å². The largest absolute Gasteiger partial charge is 0.394 e. The molecule has 0 spiro atoms. The molecule has 6 heteroatoms. The van der Waals surface area contributed by atoms with E-state index in [1.165, 1.54) is 283 Å². The van der Waals surface area contributed by atoms with Crippen LogP contribution in [-0.2, 0) is 4.79 Å². The Bertz CT molecular complexity index is 990. The molecule has 0 rings (SSSR count). The second kappa shape index (κ2) is 57.0. The molecule has 0 saturated carbocycles. The number of rotatable bonds is 58. The molecule has 4 atom stereocenters. The highest BCUT2D eigenvalue weighted by Gasteiger charge is 2.28. The molecule has 0 aromatic heterocycles. The topological polar surface area (TPSA) is 110 Å². The van der Waals surface area contributed by atoms with Gasteiger partial charge in [0.15, 0.2) is 0 Å². The Morgan fingerprint density at radius 2 is 0.603 bits per heavy atom. The Kier molecular flexibility index (Phi) is 56.2. The number of hydrogen-bond acceptors (Lipinski definition) is 5. The molecule has 0 aliphatic carbocycles. The summed E-state index contributed by atoms with van der Waals surface area (Å²) >= 11 is 0. The van der Waals surface area contributed by atoms with E-state index in [9.17, 15) is 25.2 Å². The number of carbonyl (C=O) groups is 1. The number of hydrogen-bond donors (Lipinski definition) is 5. The average Bonchev–Trinajstić information content (AvgIpc) is 3.34. The second-order valence-electron chi connectivity index (χ2n) is 21.8. The molecule has 0 aliphatic rings. The molecule has 6 nitrogen and oxygen atoms in total. The van der Waals surface area contributed by atoms with Crippen molar-refractivity contribution >= 4 is 5.91 Å². The van der Waals surface area contributed by atoms with Gasteiger partial charge in [0.2, 0.25) is 5.91 Å². The SMILES string of the molecule is CCCCCCCCCCC/C=C/CCCC(O)C(O)C(CO)NC(=O)C(O)CCCCCCCCCCCCCCCCCCCCCCCCCCCCCCCCCCCCCCCC. The maximum Gasteiger partial charge on any atom is 0.249 e. The summed E-state index contributed by atoms with van der Waals surface area (Å²) < 4.78 is 0. The lowest BCUT2D eigenvalue weighted by molar-refractivity contribution is -0.132. The van der Waals surface area contributed by atoms with Crippen molar-refractivity contribution in [2.24, 2.45) is 0 Å². The molecule has 0 fully saturated rings. The quantitative estimate of drug-likeness (QED) is 0.0308. The van der Waals surface area contributed by atoms with E-state index >= 15 is 0 Å². The van der Waals surface area contributed by atoms with Gasteiger partial charge in [-0.2, -0.15) is 0 Å². The van der Waals surface area contributed by atoms with Crippen LogP contribution in [0.15, 0.2) is 12.2 Å². The van der Waals surface area contributed by atoms with E-state index in [1.807, 2.05) is 0 Å². The van der Waals surface area contributed by atoms with Crippen molar-refractivity contribution in [1.82, 2.24) is 5.32 Å². The fourth-order valence-corrected chi connectivity index (χ4v) is 10.1. The number of allylic oxidation sites excluding steroid dienone is 2. The van der Waals surface area contributed by atoms with Crippen molar-refractivity contribution in [1.29, 1.82) is 0 Å². The fraction of sp³-hybridized carbons (Fsp3) is 0.952. The maximum absolute atomic E-state index is 12.6. The summed E-state index contributed by atoms with van der Waals surface area (Å²) in [7, 11) is 0. The van der Waals surface area contributed by atoms with Gasteiger partial charge in [0, 0.05) is 0 Å². The Morgan fingerprint density at radius 3 is 0.882 bits per heavy atom. The van der Waals surface area contributed by atoms with Crippen molar-refractivity contribution in [3.05, 3.63) is 12.2 Å². The number of amides is 1. The van der Waals surface area contributed by atoms with E-state index in [1.54, 1.807) is 0 Å². The van der Waals surface area contributed by atoms with Crippen LogP contribution in [0.5, 0.6) is 0 Å². The van der Waals surface area contributed by atoms with Gasteiger partial charge in [-0.05, 0) is 38.5 Å². The summed E-state index contributed by atoms with van der Waals surface area (Å²) in [6.45, 7) is 4.07. The molecular formula is C62H123NO5. The van der Waals surface area contributed by atoms with Crippen LogP contribution in [0, 0.1) is 0 Å². The molecule has 406 valence electrons. The standard InChI is InChI=1S/C62H123NO5/c1-3-5-7-9-11-13-15-17-19-20-21-22-23-24-25-26-27-28-29-30-31-32-33-34-35-36-37-38-39-40-41-42-44-46-48-50-52-54-56-60(66)62(68)63-58(57-64)61(67)59(65)55-53-51-49-47-45-43-18-16-14-12-10-8-6-4-2/h47,49,58-61,64-67H,3-46,48,50-57H2,1-2H3,(H,63,68)/b49-47+. The zero-order chi connectivity index (χ0) is 49.5. The smallest absolute Gasteiger partial charge is 0.249 e. The minimum Gasteiger partial charge on any atom is -0.394 e. The predicted molar refractivity (Wildman–Crippen MR) is 298 cm³/mol. The van der Waals surface area contributed by atoms with Crippen LogP contribution in [0.3, 0.4) is 0 Å². The summed E-state index contributed by atoms with van der Waals surface area (Å²) in [6.07, 6.45) is 69.0. The van der Waals surface area contributed by atoms with Gasteiger partial charge in [-0.1, -0.05) is 321 Å². The van der Waals surface area contributed by atoms with Gasteiger partial charge in [0.25, 0.3) is 0 Å². The summed E-state index contributed by atoms with van der Waals surface area (Å²) in [6, 6.07) is -0.998. The number of aliphatic hydroxyl groups is 4. The van der Waals surface area contributed by atoms with E-state index in [4.69, 9.17) is 0 Å². The molecular weight excluding hydrogens is 839 g/mol. The predicted octanol–water partition coefficient (Wildman–Crippen LogP) is 18.4. The van der Waals surface area contributed by atoms with Crippen molar-refractivity contribution < 1.29 is 25.2 Å². The first-order valence-corrected chi connectivity index (χ1v) is 31.1. The molecule has 5 N–H and O–H groups in total. The van der Waals surface area contributed by atoms with E-state index in [2.05, 4.69) is 31.3 Å². The van der Waals surface area contributed by atoms with E-state index in [-0.39, 0.29) is 0 Å². The Hall–Kier alpha value is -0.950.